The van der Waals surface area contributed by atoms with Crippen molar-refractivity contribution in [1.82, 2.24) is 4.98 Å². The van der Waals surface area contributed by atoms with Gasteiger partial charge in [0.25, 0.3) is 0 Å². The molecule has 1 heterocycles. The van der Waals surface area contributed by atoms with E-state index >= 15 is 0 Å². The summed E-state index contributed by atoms with van der Waals surface area (Å²) in [5.41, 5.74) is 2.35. The van der Waals surface area contributed by atoms with Crippen molar-refractivity contribution in [3.8, 4) is 0 Å². The highest BCUT2D eigenvalue weighted by Gasteiger charge is 2.28. The fourth-order valence-corrected chi connectivity index (χ4v) is 1.99. The van der Waals surface area contributed by atoms with Gasteiger partial charge in [0.15, 0.2) is 17.3 Å². The van der Waals surface area contributed by atoms with E-state index < -0.39 is 0 Å². The third-order valence-corrected chi connectivity index (χ3v) is 3.13. The molecule has 0 N–H and O–H groups in total. The van der Waals surface area contributed by atoms with Gasteiger partial charge >= 0.3 is 0 Å². The predicted octanol–water partition coefficient (Wildman–Crippen LogP) is 3.69. The van der Waals surface area contributed by atoms with Gasteiger partial charge in [-0.1, -0.05) is 6.92 Å². The van der Waals surface area contributed by atoms with Gasteiger partial charge in [-0.25, -0.2) is 4.98 Å². The van der Waals surface area contributed by atoms with Crippen LogP contribution in [0.25, 0.3) is 11.1 Å². The number of carbonyl (C=O) groups excluding carboxylic acids is 1. The van der Waals surface area contributed by atoms with Gasteiger partial charge < -0.3 is 4.42 Å². The summed E-state index contributed by atoms with van der Waals surface area (Å²) >= 11 is 0. The van der Waals surface area contributed by atoms with Crippen LogP contribution in [0.1, 0.15) is 54.8 Å². The van der Waals surface area contributed by atoms with Gasteiger partial charge in [-0.2, -0.15) is 0 Å². The molecule has 1 aromatic carbocycles. The van der Waals surface area contributed by atoms with E-state index in [4.69, 9.17) is 4.42 Å². The minimum Gasteiger partial charge on any atom is -0.440 e. The van der Waals surface area contributed by atoms with E-state index in [1.807, 2.05) is 25.1 Å². The van der Waals surface area contributed by atoms with Gasteiger partial charge in [-0.3, -0.25) is 4.79 Å². The number of fused-ring (bicyclic) bond motifs is 1. The molecule has 17 heavy (non-hydrogen) atoms. The maximum atomic E-state index is 11.8. The molecule has 0 bridgehead atoms. The monoisotopic (exact) mass is 229 g/mol. The molecule has 1 aliphatic carbocycles. The van der Waals surface area contributed by atoms with E-state index in [2.05, 4.69) is 4.98 Å². The molecule has 3 heteroatoms. The Morgan fingerprint density at radius 3 is 3.00 bits per heavy atom. The minimum absolute atomic E-state index is 0.186. The maximum Gasteiger partial charge on any atom is 0.198 e. The molecule has 88 valence electrons. The van der Waals surface area contributed by atoms with Gasteiger partial charge in [0.05, 0.1) is 0 Å². The molecule has 0 amide bonds. The van der Waals surface area contributed by atoms with Gasteiger partial charge in [0.2, 0.25) is 0 Å². The van der Waals surface area contributed by atoms with Crippen LogP contribution in [0.5, 0.6) is 0 Å². The van der Waals surface area contributed by atoms with Gasteiger partial charge in [-0.05, 0) is 37.5 Å². The summed E-state index contributed by atoms with van der Waals surface area (Å²) in [6, 6.07) is 5.54. The number of carbonyl (C=O) groups is 1. The number of hydrogen-bond donors (Lipinski definition) is 0. The summed E-state index contributed by atoms with van der Waals surface area (Å²) in [6.07, 6.45) is 3.82. The average molecular weight is 229 g/mol. The lowest BCUT2D eigenvalue weighted by molar-refractivity contribution is 0.0982. The van der Waals surface area contributed by atoms with E-state index in [0.29, 0.717) is 12.3 Å². The van der Waals surface area contributed by atoms with Crippen molar-refractivity contribution in [2.75, 3.05) is 0 Å². The summed E-state index contributed by atoms with van der Waals surface area (Å²) in [6.45, 7) is 2.01. The average Bonchev–Trinajstić information content (AvgIpc) is 3.08. The molecule has 0 aliphatic heterocycles. The first-order chi connectivity index (χ1) is 8.28. The van der Waals surface area contributed by atoms with Crippen LogP contribution in [0.15, 0.2) is 22.6 Å². The Kier molecular flexibility index (Phi) is 2.46. The van der Waals surface area contributed by atoms with E-state index in [1.165, 1.54) is 12.8 Å². The van der Waals surface area contributed by atoms with Crippen molar-refractivity contribution in [2.24, 2.45) is 0 Å². The molecule has 0 unspecified atom stereocenters. The Morgan fingerprint density at radius 2 is 2.29 bits per heavy atom. The first-order valence-corrected chi connectivity index (χ1v) is 6.21. The molecule has 0 spiro atoms. The van der Waals surface area contributed by atoms with Crippen LogP contribution in [0.4, 0.5) is 0 Å². The molecular weight excluding hydrogens is 214 g/mol. The lowest BCUT2D eigenvalue weighted by atomic mass is 10.1. The van der Waals surface area contributed by atoms with Crippen molar-refractivity contribution in [2.45, 2.75) is 38.5 Å². The molecule has 1 fully saturated rings. The molecule has 0 saturated heterocycles. The van der Waals surface area contributed by atoms with Crippen LogP contribution in [-0.2, 0) is 0 Å². The van der Waals surface area contributed by atoms with E-state index in [-0.39, 0.29) is 5.78 Å². The molecule has 1 saturated carbocycles. The molecule has 1 aromatic heterocycles. The van der Waals surface area contributed by atoms with Gasteiger partial charge in [-0.15, -0.1) is 0 Å². The number of ketones is 1. The lowest BCUT2D eigenvalue weighted by Crippen LogP contribution is -1.97. The Morgan fingerprint density at radius 1 is 1.47 bits per heavy atom. The summed E-state index contributed by atoms with van der Waals surface area (Å²) in [5, 5.41) is 0. The Bertz CT molecular complexity index is 567. The standard InChI is InChI=1S/C14H15NO2/c1-2-3-12(16)10-6-7-13-11(8-10)15-14(17-13)9-4-5-9/h6-9H,2-5H2,1H3. The van der Waals surface area contributed by atoms with Crippen LogP contribution >= 0.6 is 0 Å². The topological polar surface area (TPSA) is 43.1 Å². The SMILES string of the molecule is CCCC(=O)c1ccc2oc(C3CC3)nc2c1. The molecule has 3 nitrogen and oxygen atoms in total. The molecule has 0 atom stereocenters. The largest absolute Gasteiger partial charge is 0.440 e. The number of nitrogens with zero attached hydrogens (tertiary/aromatic N) is 1. The number of rotatable bonds is 4. The highest BCUT2D eigenvalue weighted by molar-refractivity contribution is 5.98. The predicted molar refractivity (Wildman–Crippen MR) is 65.2 cm³/mol. The molecule has 1 aliphatic rings. The second-order valence-corrected chi connectivity index (χ2v) is 4.68. The highest BCUT2D eigenvalue weighted by atomic mass is 16.3. The zero-order chi connectivity index (χ0) is 11.8. The maximum absolute atomic E-state index is 11.8. The number of Topliss-reactive ketones (excluding diaryl/α,β-unsaturated/α-hetero) is 1. The first-order valence-electron chi connectivity index (χ1n) is 6.21. The fourth-order valence-electron chi connectivity index (χ4n) is 1.99. The quantitative estimate of drug-likeness (QED) is 0.751. The normalized spacial score (nSPS) is 15.4. The van der Waals surface area contributed by atoms with Crippen molar-refractivity contribution in [3.63, 3.8) is 0 Å². The number of benzene rings is 1. The highest BCUT2D eigenvalue weighted by Crippen LogP contribution is 2.40. The van der Waals surface area contributed by atoms with Crippen LogP contribution in [0.2, 0.25) is 0 Å². The summed E-state index contributed by atoms with van der Waals surface area (Å²) < 4.78 is 5.66. The van der Waals surface area contributed by atoms with Crippen LogP contribution < -0.4 is 0 Å². The molecule has 0 radical (unpaired) electrons. The van der Waals surface area contributed by atoms with E-state index in [0.717, 1.165) is 29.0 Å². The second-order valence-electron chi connectivity index (χ2n) is 4.68. The summed E-state index contributed by atoms with van der Waals surface area (Å²) in [4.78, 5) is 16.2. The zero-order valence-electron chi connectivity index (χ0n) is 9.90. The zero-order valence-corrected chi connectivity index (χ0v) is 9.90. The number of oxazole rings is 1. The summed E-state index contributed by atoms with van der Waals surface area (Å²) in [5.74, 6) is 1.53. The smallest absolute Gasteiger partial charge is 0.198 e. The van der Waals surface area contributed by atoms with Gasteiger partial charge in [0, 0.05) is 17.9 Å². The minimum atomic E-state index is 0.186. The van der Waals surface area contributed by atoms with Crippen LogP contribution in [0.3, 0.4) is 0 Å². The van der Waals surface area contributed by atoms with E-state index in [9.17, 15) is 4.79 Å². The Labute approximate surface area is 99.8 Å². The van der Waals surface area contributed by atoms with E-state index in [1.54, 1.807) is 0 Å². The molecule has 2 aromatic rings. The fraction of sp³-hybridized carbons (Fsp3) is 0.429. The second kappa shape index (κ2) is 3.99. The Hall–Kier alpha value is -1.64. The molecule has 3 rings (SSSR count). The van der Waals surface area contributed by atoms with Gasteiger partial charge in [0.1, 0.15) is 5.52 Å². The Balaban J connectivity index is 1.97. The van der Waals surface area contributed by atoms with Crippen molar-refractivity contribution in [1.29, 1.82) is 0 Å². The third-order valence-electron chi connectivity index (χ3n) is 3.13. The number of aromatic nitrogens is 1. The van der Waals surface area contributed by atoms with Crippen LogP contribution in [-0.4, -0.2) is 10.8 Å². The van der Waals surface area contributed by atoms with Crippen molar-refractivity contribution >= 4 is 16.9 Å². The third kappa shape index (κ3) is 1.97. The lowest BCUT2D eigenvalue weighted by Gasteiger charge is -1.97. The number of hydrogen-bond acceptors (Lipinski definition) is 3. The van der Waals surface area contributed by atoms with Crippen LogP contribution in [0, 0.1) is 0 Å². The summed E-state index contributed by atoms with van der Waals surface area (Å²) in [7, 11) is 0. The molecular formula is C14H15NO2. The first kappa shape index (κ1) is 10.5. The van der Waals surface area contributed by atoms with Crippen molar-refractivity contribution in [3.05, 3.63) is 29.7 Å². The van der Waals surface area contributed by atoms with Crippen molar-refractivity contribution < 1.29 is 9.21 Å².